The predicted molar refractivity (Wildman–Crippen MR) is 210 cm³/mol. The second kappa shape index (κ2) is 39.0. The number of hydrogen-bond acceptors (Lipinski definition) is 13. The van der Waals surface area contributed by atoms with Gasteiger partial charge in [-0.15, -0.1) is 0 Å². The third kappa shape index (κ3) is 36.2. The van der Waals surface area contributed by atoms with Crippen LogP contribution in [0.15, 0.2) is 0 Å². The molecule has 0 heterocycles. The molecule has 55 heavy (non-hydrogen) atoms. The van der Waals surface area contributed by atoms with Gasteiger partial charge in [0.15, 0.2) is 12.2 Å². The zero-order chi connectivity index (χ0) is 40.6. The van der Waals surface area contributed by atoms with Crippen LogP contribution in [-0.4, -0.2) is 88.0 Å². The van der Waals surface area contributed by atoms with Crippen molar-refractivity contribution in [3.8, 4) is 0 Å². The van der Waals surface area contributed by atoms with Gasteiger partial charge in [0.2, 0.25) is 0 Å². The first-order chi connectivity index (χ1) is 26.7. The quantitative estimate of drug-likeness (QED) is 0.0275. The van der Waals surface area contributed by atoms with Gasteiger partial charge in [0.1, 0.15) is 26.4 Å². The molecule has 13 heteroatoms. The lowest BCUT2D eigenvalue weighted by Gasteiger charge is -2.18. The number of esters is 5. The summed E-state index contributed by atoms with van der Waals surface area (Å²) in [5.41, 5.74) is 0. The van der Waals surface area contributed by atoms with Crippen LogP contribution in [0.4, 0.5) is 0 Å². The van der Waals surface area contributed by atoms with Gasteiger partial charge in [0.05, 0.1) is 0 Å². The number of carbonyl (C=O) groups is 6. The zero-order valence-electron chi connectivity index (χ0n) is 34.6. The lowest BCUT2D eigenvalue weighted by atomic mass is 10.1. The summed E-state index contributed by atoms with van der Waals surface area (Å²) < 4.78 is 31.6. The fraction of sp³-hybridized carbons (Fsp3) is 0.857. The van der Waals surface area contributed by atoms with E-state index >= 15 is 0 Å². The van der Waals surface area contributed by atoms with Gasteiger partial charge in [0.25, 0.3) is 6.47 Å². The summed E-state index contributed by atoms with van der Waals surface area (Å²) in [6, 6.07) is 0. The Morgan fingerprint density at radius 2 is 0.727 bits per heavy atom. The van der Waals surface area contributed by atoms with Crippen molar-refractivity contribution < 1.29 is 57.2 Å². The van der Waals surface area contributed by atoms with E-state index in [1.54, 1.807) is 0 Å². The van der Waals surface area contributed by atoms with Gasteiger partial charge < -0.3 is 33.7 Å². The zero-order valence-corrected chi connectivity index (χ0v) is 34.6. The third-order valence-corrected chi connectivity index (χ3v) is 8.91. The van der Waals surface area contributed by atoms with Crippen molar-refractivity contribution in [3.63, 3.8) is 0 Å². The first-order valence-corrected chi connectivity index (χ1v) is 21.4. The monoisotopic (exact) mass is 786 g/mol. The highest BCUT2D eigenvalue weighted by molar-refractivity contribution is 5.71. The van der Waals surface area contributed by atoms with Crippen LogP contribution >= 0.6 is 0 Å². The molecule has 0 aliphatic heterocycles. The molecule has 0 aromatic heterocycles. The van der Waals surface area contributed by atoms with Crippen LogP contribution < -0.4 is 5.32 Å². The summed E-state index contributed by atoms with van der Waals surface area (Å²) in [5, 5.41) is 3.17. The van der Waals surface area contributed by atoms with Crippen molar-refractivity contribution >= 4 is 36.3 Å². The summed E-state index contributed by atoms with van der Waals surface area (Å²) in [5.74, 6) is -2.12. The van der Waals surface area contributed by atoms with Crippen molar-refractivity contribution in [1.82, 2.24) is 5.32 Å². The van der Waals surface area contributed by atoms with Crippen LogP contribution in [0.2, 0.25) is 0 Å². The average molecular weight is 786 g/mol. The minimum absolute atomic E-state index is 0.0924. The molecule has 1 unspecified atom stereocenters. The van der Waals surface area contributed by atoms with Crippen molar-refractivity contribution in [2.24, 2.45) is 0 Å². The molecule has 0 rings (SSSR count). The molecule has 1 N–H and O–H groups in total. The largest absolute Gasteiger partial charge is 0.464 e. The van der Waals surface area contributed by atoms with Crippen LogP contribution in [0.25, 0.3) is 0 Å². The van der Waals surface area contributed by atoms with Crippen molar-refractivity contribution in [3.05, 3.63) is 0 Å². The highest BCUT2D eigenvalue weighted by Crippen LogP contribution is 2.11. The van der Waals surface area contributed by atoms with Crippen LogP contribution in [0.5, 0.6) is 0 Å². The molecule has 0 fully saturated rings. The summed E-state index contributed by atoms with van der Waals surface area (Å²) in [7, 11) is 0. The molecule has 0 aliphatic carbocycles. The summed E-state index contributed by atoms with van der Waals surface area (Å²) in [6.07, 6.45) is 19.0. The Balaban J connectivity index is 4.50. The third-order valence-electron chi connectivity index (χ3n) is 8.91. The molecule has 320 valence electrons. The number of carbonyl (C=O) groups excluding carboxylic acids is 6. The summed E-state index contributed by atoms with van der Waals surface area (Å²) in [4.78, 5) is 72.4. The van der Waals surface area contributed by atoms with Gasteiger partial charge >= 0.3 is 29.8 Å². The maximum absolute atomic E-state index is 12.6. The SMILES string of the molecule is CCCCCCCCC(=O)OCC(COC=O)OC(=O)CCCNCCCC(=O)OC(COC(=O)CCCCCCCC)COC(=O)CCCCCCCC. The van der Waals surface area contributed by atoms with E-state index in [0.717, 1.165) is 96.3 Å². The lowest BCUT2D eigenvalue weighted by molar-refractivity contribution is -0.167. The standard InChI is InChI=1S/C42H75NO12/c1-4-7-10-13-16-19-24-38(45)51-32-36(31-50-35-44)54-41(48)27-22-29-43-30-23-28-42(49)55-37(33-52-39(46)25-20-17-14-11-8-5-2)34-53-40(47)26-21-18-15-12-9-6-3/h35-37,43H,4-34H2,1-3H3. The Morgan fingerprint density at radius 1 is 0.418 bits per heavy atom. The lowest BCUT2D eigenvalue weighted by Crippen LogP contribution is -2.31. The Bertz CT molecular complexity index is 960. The van der Waals surface area contributed by atoms with Gasteiger partial charge in [-0.1, -0.05) is 117 Å². The molecule has 0 spiro atoms. The first kappa shape index (κ1) is 51.8. The fourth-order valence-electron chi connectivity index (χ4n) is 5.63. The second-order valence-electron chi connectivity index (χ2n) is 14.2. The maximum Gasteiger partial charge on any atom is 0.306 e. The topological polar surface area (TPSA) is 170 Å². The number of rotatable bonds is 40. The van der Waals surface area contributed by atoms with Crippen LogP contribution in [0, 0.1) is 0 Å². The van der Waals surface area contributed by atoms with E-state index in [2.05, 4.69) is 26.1 Å². The molecule has 0 bridgehead atoms. The Labute approximate surface area is 331 Å². The minimum atomic E-state index is -0.891. The number of unbranched alkanes of at least 4 members (excludes halogenated alkanes) is 15. The van der Waals surface area contributed by atoms with Crippen LogP contribution in [0.1, 0.15) is 181 Å². The van der Waals surface area contributed by atoms with Crippen molar-refractivity contribution in [2.75, 3.05) is 39.5 Å². The molecule has 13 nitrogen and oxygen atoms in total. The van der Waals surface area contributed by atoms with E-state index in [0.29, 0.717) is 25.9 Å². The molecule has 0 saturated carbocycles. The summed E-state index contributed by atoms with van der Waals surface area (Å²) in [6.45, 7) is 6.92. The second-order valence-corrected chi connectivity index (χ2v) is 14.2. The number of ether oxygens (including phenoxy) is 6. The van der Waals surface area contributed by atoms with E-state index in [4.69, 9.17) is 28.4 Å². The van der Waals surface area contributed by atoms with E-state index in [1.165, 1.54) is 19.3 Å². The van der Waals surface area contributed by atoms with Gasteiger partial charge in [-0.2, -0.15) is 0 Å². The number of hydrogen-bond donors (Lipinski definition) is 1. The van der Waals surface area contributed by atoms with Gasteiger partial charge in [-0.05, 0) is 45.2 Å². The van der Waals surface area contributed by atoms with E-state index in [9.17, 15) is 28.8 Å². The smallest absolute Gasteiger partial charge is 0.306 e. The van der Waals surface area contributed by atoms with Gasteiger partial charge in [-0.3, -0.25) is 28.8 Å². The fourth-order valence-corrected chi connectivity index (χ4v) is 5.63. The van der Waals surface area contributed by atoms with Gasteiger partial charge in [0, 0.05) is 32.1 Å². The Hall–Kier alpha value is -3.22. The molecular weight excluding hydrogens is 710 g/mol. The molecule has 0 radical (unpaired) electrons. The van der Waals surface area contributed by atoms with Crippen LogP contribution in [-0.2, 0) is 57.2 Å². The molecule has 0 aromatic carbocycles. The Kier molecular flexibility index (Phi) is 36.7. The minimum Gasteiger partial charge on any atom is -0.464 e. The maximum atomic E-state index is 12.6. The van der Waals surface area contributed by atoms with Crippen molar-refractivity contribution in [2.45, 2.75) is 193 Å². The molecule has 0 aromatic rings. The highest BCUT2D eigenvalue weighted by atomic mass is 16.6. The molecule has 0 saturated heterocycles. The Morgan fingerprint density at radius 3 is 1.07 bits per heavy atom. The van der Waals surface area contributed by atoms with E-state index in [1.807, 2.05) is 0 Å². The van der Waals surface area contributed by atoms with Gasteiger partial charge in [-0.25, -0.2) is 0 Å². The molecule has 0 aliphatic rings. The first-order valence-electron chi connectivity index (χ1n) is 21.4. The number of nitrogens with one attached hydrogen (secondary N) is 1. The molecule has 1 atom stereocenters. The predicted octanol–water partition coefficient (Wildman–Crippen LogP) is 8.01. The molecular formula is C42H75NO12. The highest BCUT2D eigenvalue weighted by Gasteiger charge is 2.20. The van der Waals surface area contributed by atoms with Crippen LogP contribution in [0.3, 0.4) is 0 Å². The van der Waals surface area contributed by atoms with E-state index in [-0.39, 0.29) is 82.9 Å². The average Bonchev–Trinajstić information content (AvgIpc) is 3.17. The van der Waals surface area contributed by atoms with E-state index < -0.39 is 24.1 Å². The van der Waals surface area contributed by atoms with Crippen molar-refractivity contribution in [1.29, 1.82) is 0 Å². The normalized spacial score (nSPS) is 11.5. The summed E-state index contributed by atoms with van der Waals surface area (Å²) >= 11 is 0. The molecule has 0 amide bonds.